The monoisotopic (exact) mass is 308 g/mol. The molecule has 0 aliphatic carbocycles. The topological polar surface area (TPSA) is 27.7 Å². The number of unbranched alkanes of at least 4 members (excludes halogenated alkanes) is 1. The van der Waals surface area contributed by atoms with Crippen LogP contribution in [-0.4, -0.2) is 30.1 Å². The Morgan fingerprint density at radius 3 is 1.85 bits per heavy atom. The highest BCUT2D eigenvalue weighted by atomic mass is 28.4. The summed E-state index contributed by atoms with van der Waals surface area (Å²) >= 11 is 0. The number of benzene rings is 1. The van der Waals surface area contributed by atoms with Crippen molar-refractivity contribution in [2.24, 2.45) is 0 Å². The first kappa shape index (κ1) is 17.2. The summed E-state index contributed by atoms with van der Waals surface area (Å²) in [6.07, 6.45) is 1.36. The summed E-state index contributed by atoms with van der Waals surface area (Å²) in [6.45, 7) is 0. The summed E-state index contributed by atoms with van der Waals surface area (Å²) in [5.41, 5.74) is -0.0917. The molecule has 0 unspecified atom stereocenters. The van der Waals surface area contributed by atoms with Crippen LogP contribution in [0.2, 0.25) is 6.04 Å². The van der Waals surface area contributed by atoms with Crippen LogP contribution in [0.3, 0.4) is 0 Å². The van der Waals surface area contributed by atoms with Gasteiger partial charge in [0.05, 0.1) is 0 Å². The third-order valence-corrected chi connectivity index (χ3v) is 6.03. The van der Waals surface area contributed by atoms with Crippen LogP contribution in [0.1, 0.15) is 18.4 Å². The van der Waals surface area contributed by atoms with E-state index in [9.17, 15) is 13.2 Å². The van der Waals surface area contributed by atoms with E-state index in [2.05, 4.69) is 0 Å². The number of halogens is 3. The van der Waals surface area contributed by atoms with Crippen molar-refractivity contribution in [3.05, 3.63) is 35.1 Å². The molecule has 0 amide bonds. The fourth-order valence-corrected chi connectivity index (χ4v) is 3.81. The first-order valence-electron chi connectivity index (χ1n) is 6.27. The van der Waals surface area contributed by atoms with Crippen molar-refractivity contribution in [3.8, 4) is 0 Å². The molecule has 1 aromatic carbocycles. The molecule has 0 saturated heterocycles. The third kappa shape index (κ3) is 4.31. The third-order valence-electron chi connectivity index (χ3n) is 3.20. The summed E-state index contributed by atoms with van der Waals surface area (Å²) in [4.78, 5) is 0. The van der Waals surface area contributed by atoms with Crippen LogP contribution in [-0.2, 0) is 19.7 Å². The van der Waals surface area contributed by atoms with Gasteiger partial charge < -0.3 is 13.3 Å². The lowest BCUT2D eigenvalue weighted by Crippen LogP contribution is -2.42. The summed E-state index contributed by atoms with van der Waals surface area (Å²) in [7, 11) is 1.90. The molecule has 1 rings (SSSR count). The van der Waals surface area contributed by atoms with Gasteiger partial charge in [0.1, 0.15) is 17.5 Å². The van der Waals surface area contributed by atoms with Gasteiger partial charge in [-0.15, -0.1) is 0 Å². The summed E-state index contributed by atoms with van der Waals surface area (Å²) in [5.74, 6) is -2.61. The van der Waals surface area contributed by atoms with Crippen molar-refractivity contribution in [1.82, 2.24) is 0 Å². The quantitative estimate of drug-likeness (QED) is 0.545. The SMILES string of the molecule is CO[Si](CCCCc1c(F)cc(F)cc1F)(OC)OC. The highest BCUT2D eigenvalue weighted by molar-refractivity contribution is 6.60. The standard InChI is InChI=1S/C13H19F3O3Si/c1-17-20(18-2,19-3)7-5-4-6-11-12(15)8-10(14)9-13(11)16/h8-9H,4-7H2,1-3H3. The predicted molar refractivity (Wildman–Crippen MR) is 70.8 cm³/mol. The van der Waals surface area contributed by atoms with Gasteiger partial charge in [-0.1, -0.05) is 0 Å². The van der Waals surface area contributed by atoms with E-state index in [1.807, 2.05) is 0 Å². The van der Waals surface area contributed by atoms with Crippen LogP contribution in [0, 0.1) is 17.5 Å². The summed E-state index contributed by atoms with van der Waals surface area (Å²) in [5, 5.41) is 0. The minimum Gasteiger partial charge on any atom is -0.377 e. The van der Waals surface area contributed by atoms with Crippen LogP contribution >= 0.6 is 0 Å². The molecule has 3 nitrogen and oxygen atoms in total. The van der Waals surface area contributed by atoms with Crippen molar-refractivity contribution < 1.29 is 26.4 Å². The van der Waals surface area contributed by atoms with Gasteiger partial charge in [-0.2, -0.15) is 0 Å². The number of rotatable bonds is 8. The lowest BCUT2D eigenvalue weighted by Gasteiger charge is -2.24. The maximum Gasteiger partial charge on any atom is 0.500 e. The Bertz CT molecular complexity index is 408. The molecule has 0 N–H and O–H groups in total. The first-order chi connectivity index (χ1) is 9.48. The Labute approximate surface area is 118 Å². The molecule has 0 aromatic heterocycles. The second kappa shape index (κ2) is 7.77. The molecule has 7 heteroatoms. The molecule has 20 heavy (non-hydrogen) atoms. The van der Waals surface area contributed by atoms with E-state index >= 15 is 0 Å². The Kier molecular flexibility index (Phi) is 6.67. The molecular formula is C13H19F3O3Si. The van der Waals surface area contributed by atoms with E-state index in [0.717, 1.165) is 0 Å². The zero-order valence-corrected chi connectivity index (χ0v) is 12.8. The van der Waals surface area contributed by atoms with Gasteiger partial charge in [-0.25, -0.2) is 13.2 Å². The minimum absolute atomic E-state index is 0.0917. The average Bonchev–Trinajstić information content (AvgIpc) is 2.42. The maximum atomic E-state index is 13.4. The molecule has 1 aromatic rings. The maximum absolute atomic E-state index is 13.4. The van der Waals surface area contributed by atoms with Crippen molar-refractivity contribution in [2.45, 2.75) is 25.3 Å². The van der Waals surface area contributed by atoms with Gasteiger partial charge in [-0.3, -0.25) is 0 Å². The molecule has 0 bridgehead atoms. The van der Waals surface area contributed by atoms with Crippen LogP contribution < -0.4 is 0 Å². The van der Waals surface area contributed by atoms with Crippen molar-refractivity contribution in [1.29, 1.82) is 0 Å². The summed E-state index contributed by atoms with van der Waals surface area (Å²) in [6, 6.07) is 1.94. The lowest BCUT2D eigenvalue weighted by molar-refractivity contribution is 0.123. The van der Waals surface area contributed by atoms with Gasteiger partial charge in [0.2, 0.25) is 0 Å². The summed E-state index contributed by atoms with van der Waals surface area (Å²) < 4.78 is 55.4. The van der Waals surface area contributed by atoms with Gasteiger partial charge in [0.25, 0.3) is 0 Å². The fraction of sp³-hybridized carbons (Fsp3) is 0.538. The zero-order chi connectivity index (χ0) is 15.2. The normalized spacial score (nSPS) is 11.9. The first-order valence-corrected chi connectivity index (χ1v) is 8.20. The van der Waals surface area contributed by atoms with E-state index < -0.39 is 26.3 Å². The zero-order valence-electron chi connectivity index (χ0n) is 11.8. The molecule has 0 spiro atoms. The molecule has 0 radical (unpaired) electrons. The van der Waals surface area contributed by atoms with E-state index in [1.54, 1.807) is 0 Å². The molecule has 0 atom stereocenters. The largest absolute Gasteiger partial charge is 0.500 e. The molecule has 0 fully saturated rings. The number of hydrogen-bond donors (Lipinski definition) is 0. The number of hydrogen-bond acceptors (Lipinski definition) is 3. The van der Waals surface area contributed by atoms with Gasteiger partial charge in [0.15, 0.2) is 0 Å². The van der Waals surface area contributed by atoms with E-state index in [0.29, 0.717) is 31.0 Å². The van der Waals surface area contributed by atoms with Crippen molar-refractivity contribution in [2.75, 3.05) is 21.3 Å². The smallest absolute Gasteiger partial charge is 0.377 e. The second-order valence-corrected chi connectivity index (χ2v) is 7.44. The average molecular weight is 308 g/mol. The van der Waals surface area contributed by atoms with Crippen LogP contribution in [0.15, 0.2) is 12.1 Å². The van der Waals surface area contributed by atoms with Crippen molar-refractivity contribution in [3.63, 3.8) is 0 Å². The van der Waals surface area contributed by atoms with E-state index in [4.69, 9.17) is 13.3 Å². The van der Waals surface area contributed by atoms with E-state index in [1.165, 1.54) is 21.3 Å². The molecule has 0 aliphatic heterocycles. The molecule has 0 saturated carbocycles. The van der Waals surface area contributed by atoms with Crippen molar-refractivity contribution >= 4 is 8.80 Å². The lowest BCUT2D eigenvalue weighted by atomic mass is 10.1. The van der Waals surface area contributed by atoms with Crippen LogP contribution in [0.5, 0.6) is 0 Å². The molecule has 0 heterocycles. The highest BCUT2D eigenvalue weighted by Crippen LogP contribution is 2.20. The Morgan fingerprint density at radius 1 is 0.900 bits per heavy atom. The second-order valence-electron chi connectivity index (χ2n) is 4.35. The fourth-order valence-electron chi connectivity index (χ4n) is 2.01. The van der Waals surface area contributed by atoms with Crippen LogP contribution in [0.25, 0.3) is 0 Å². The van der Waals surface area contributed by atoms with Gasteiger partial charge in [-0.05, 0) is 19.3 Å². The Hall–Kier alpha value is -0.893. The van der Waals surface area contributed by atoms with Gasteiger partial charge in [0, 0.05) is 45.1 Å². The highest BCUT2D eigenvalue weighted by Gasteiger charge is 2.36. The van der Waals surface area contributed by atoms with Crippen LogP contribution in [0.4, 0.5) is 13.2 Å². The Balaban J connectivity index is 2.53. The Morgan fingerprint density at radius 2 is 1.40 bits per heavy atom. The molecule has 0 aliphatic rings. The molecular weight excluding hydrogens is 289 g/mol. The minimum atomic E-state index is -2.64. The van der Waals surface area contributed by atoms with E-state index in [-0.39, 0.29) is 12.0 Å². The predicted octanol–water partition coefficient (Wildman–Crippen LogP) is 3.30. The van der Waals surface area contributed by atoms with Gasteiger partial charge >= 0.3 is 8.80 Å². The molecule has 114 valence electrons.